The van der Waals surface area contributed by atoms with E-state index in [9.17, 15) is 4.79 Å². The van der Waals surface area contributed by atoms with Crippen molar-refractivity contribution in [1.29, 1.82) is 0 Å². The van der Waals surface area contributed by atoms with Crippen LogP contribution in [-0.2, 0) is 0 Å². The first-order valence-corrected chi connectivity index (χ1v) is 7.65. The maximum atomic E-state index is 12.9. The lowest BCUT2D eigenvalue weighted by Crippen LogP contribution is -2.46. The number of nitrogens with zero attached hydrogens (tertiary/aromatic N) is 1. The molecule has 0 radical (unpaired) electrons. The van der Waals surface area contributed by atoms with Crippen LogP contribution >= 0.6 is 0 Å². The Hall–Kier alpha value is -1.79. The van der Waals surface area contributed by atoms with Gasteiger partial charge in [-0.2, -0.15) is 0 Å². The van der Waals surface area contributed by atoms with Gasteiger partial charge in [-0.1, -0.05) is 30.4 Å². The van der Waals surface area contributed by atoms with E-state index in [0.717, 1.165) is 24.1 Å². The molecule has 1 aromatic rings. The molecular weight excluding hydrogens is 260 g/mol. The molecule has 2 atom stereocenters. The van der Waals surface area contributed by atoms with Crippen molar-refractivity contribution in [3.63, 3.8) is 0 Å². The second kappa shape index (κ2) is 6.78. The van der Waals surface area contributed by atoms with E-state index in [-0.39, 0.29) is 11.9 Å². The molecule has 2 N–H and O–H groups in total. The Balaban J connectivity index is 2.35. The minimum atomic E-state index is 0.0964. The highest BCUT2D eigenvalue weighted by molar-refractivity contribution is 5.97. The Morgan fingerprint density at radius 2 is 2.19 bits per heavy atom. The second-order valence-corrected chi connectivity index (χ2v) is 5.91. The molecule has 112 valence electrons. The van der Waals surface area contributed by atoms with Crippen molar-refractivity contribution < 1.29 is 4.79 Å². The largest absolute Gasteiger partial charge is 0.336 e. The third kappa shape index (κ3) is 3.46. The Kier molecular flexibility index (Phi) is 5.03. The average molecular weight is 284 g/mol. The van der Waals surface area contributed by atoms with Crippen molar-refractivity contribution in [2.75, 3.05) is 13.1 Å². The Labute approximate surface area is 127 Å². The zero-order valence-corrected chi connectivity index (χ0v) is 13.1. The number of rotatable bonds is 1. The molecule has 21 heavy (non-hydrogen) atoms. The fraction of sp³-hybridized carbons (Fsp3) is 0.500. The lowest BCUT2D eigenvalue weighted by Gasteiger charge is -2.38. The topological polar surface area (TPSA) is 46.3 Å². The van der Waals surface area contributed by atoms with Gasteiger partial charge in [-0.3, -0.25) is 4.79 Å². The minimum absolute atomic E-state index is 0.0964. The van der Waals surface area contributed by atoms with Gasteiger partial charge in [-0.25, -0.2) is 0 Å². The van der Waals surface area contributed by atoms with Gasteiger partial charge in [0.25, 0.3) is 5.91 Å². The van der Waals surface area contributed by atoms with Crippen molar-refractivity contribution in [2.45, 2.75) is 39.7 Å². The van der Waals surface area contributed by atoms with Crippen LogP contribution in [0.2, 0.25) is 0 Å². The number of carbonyl (C=O) groups is 1. The van der Waals surface area contributed by atoms with Gasteiger partial charge < -0.3 is 10.6 Å². The van der Waals surface area contributed by atoms with E-state index in [4.69, 9.17) is 5.73 Å². The third-order valence-corrected chi connectivity index (χ3v) is 4.37. The van der Waals surface area contributed by atoms with Crippen molar-refractivity contribution >= 4 is 5.91 Å². The molecular formula is C18H24N2O. The fourth-order valence-electron chi connectivity index (χ4n) is 2.87. The summed E-state index contributed by atoms with van der Waals surface area (Å²) in [5.41, 5.74) is 8.01. The van der Waals surface area contributed by atoms with E-state index in [1.807, 2.05) is 30.0 Å². The molecule has 0 aromatic heterocycles. The number of nitrogens with two attached hydrogens (primary N) is 1. The van der Waals surface area contributed by atoms with Gasteiger partial charge >= 0.3 is 0 Å². The van der Waals surface area contributed by atoms with Crippen LogP contribution in [-0.4, -0.2) is 29.9 Å². The van der Waals surface area contributed by atoms with E-state index in [2.05, 4.69) is 25.7 Å². The molecule has 1 saturated heterocycles. The van der Waals surface area contributed by atoms with Crippen LogP contribution in [0.25, 0.3) is 0 Å². The van der Waals surface area contributed by atoms with Gasteiger partial charge in [-0.15, -0.1) is 0 Å². The zero-order chi connectivity index (χ0) is 15.4. The molecule has 1 heterocycles. The van der Waals surface area contributed by atoms with E-state index in [0.29, 0.717) is 18.0 Å². The second-order valence-electron chi connectivity index (χ2n) is 5.91. The Bertz CT molecular complexity index is 583. The molecule has 1 aromatic carbocycles. The Morgan fingerprint density at radius 3 is 2.90 bits per heavy atom. The van der Waals surface area contributed by atoms with E-state index in [1.54, 1.807) is 0 Å². The number of aryl methyl sites for hydroxylation is 1. The highest BCUT2D eigenvalue weighted by Gasteiger charge is 2.29. The maximum absolute atomic E-state index is 12.9. The molecule has 0 spiro atoms. The predicted molar refractivity (Wildman–Crippen MR) is 86.0 cm³/mol. The molecule has 1 amide bonds. The summed E-state index contributed by atoms with van der Waals surface area (Å²) in [7, 11) is 0. The maximum Gasteiger partial charge on any atom is 0.255 e. The zero-order valence-electron chi connectivity index (χ0n) is 13.1. The summed E-state index contributed by atoms with van der Waals surface area (Å²) >= 11 is 0. The van der Waals surface area contributed by atoms with Gasteiger partial charge in [0.1, 0.15) is 0 Å². The lowest BCUT2D eigenvalue weighted by atomic mass is 9.91. The van der Waals surface area contributed by atoms with E-state index in [1.165, 1.54) is 6.42 Å². The third-order valence-electron chi connectivity index (χ3n) is 4.37. The van der Waals surface area contributed by atoms with Gasteiger partial charge in [0.15, 0.2) is 0 Å². The lowest BCUT2D eigenvalue weighted by molar-refractivity contribution is 0.0550. The predicted octanol–water partition coefficient (Wildman–Crippen LogP) is 2.57. The number of hydrogen-bond acceptors (Lipinski definition) is 2. The number of benzene rings is 1. The summed E-state index contributed by atoms with van der Waals surface area (Å²) in [6.07, 6.45) is 2.27. The van der Waals surface area contributed by atoms with Crippen LogP contribution in [0.5, 0.6) is 0 Å². The molecule has 0 saturated carbocycles. The highest BCUT2D eigenvalue weighted by atomic mass is 16.2. The molecule has 0 bridgehead atoms. The molecule has 3 nitrogen and oxygen atoms in total. The van der Waals surface area contributed by atoms with E-state index < -0.39 is 0 Å². The Morgan fingerprint density at radius 1 is 1.43 bits per heavy atom. The van der Waals surface area contributed by atoms with Crippen LogP contribution in [0.15, 0.2) is 18.2 Å². The number of carbonyl (C=O) groups excluding carboxylic acids is 1. The fourth-order valence-corrected chi connectivity index (χ4v) is 2.87. The highest BCUT2D eigenvalue weighted by Crippen LogP contribution is 2.25. The monoisotopic (exact) mass is 284 g/mol. The SMILES string of the molecule is Cc1ccc(C#CCN)c(C(=O)N2CCCC(C)C2C)c1. The van der Waals surface area contributed by atoms with Crippen LogP contribution in [0, 0.1) is 24.7 Å². The normalized spacial score (nSPS) is 21.6. The van der Waals surface area contributed by atoms with Gasteiger partial charge in [0.2, 0.25) is 0 Å². The first-order valence-electron chi connectivity index (χ1n) is 7.65. The summed E-state index contributed by atoms with van der Waals surface area (Å²) in [6, 6.07) is 6.12. The molecule has 1 fully saturated rings. The van der Waals surface area contributed by atoms with Crippen molar-refractivity contribution in [3.8, 4) is 11.8 Å². The van der Waals surface area contributed by atoms with Gasteiger partial charge in [-0.05, 0) is 44.7 Å². The molecule has 1 aliphatic heterocycles. The first kappa shape index (κ1) is 15.6. The standard InChI is InChI=1S/C18H24N2O/c1-13-8-9-16(7-4-10-19)17(12-13)18(21)20-11-5-6-14(2)15(20)3/h8-9,12,14-15H,5-6,10-11,19H2,1-3H3. The van der Waals surface area contributed by atoms with Crippen molar-refractivity contribution in [2.24, 2.45) is 11.7 Å². The van der Waals surface area contributed by atoms with Gasteiger partial charge in [0.05, 0.1) is 12.1 Å². The summed E-state index contributed by atoms with van der Waals surface area (Å²) in [5, 5.41) is 0. The summed E-state index contributed by atoms with van der Waals surface area (Å²) in [4.78, 5) is 14.9. The molecule has 3 heteroatoms. The number of amides is 1. The molecule has 2 unspecified atom stereocenters. The van der Waals surface area contributed by atoms with Gasteiger partial charge in [0, 0.05) is 18.2 Å². The van der Waals surface area contributed by atoms with E-state index >= 15 is 0 Å². The summed E-state index contributed by atoms with van der Waals surface area (Å²) in [5.74, 6) is 6.52. The van der Waals surface area contributed by atoms with Crippen molar-refractivity contribution in [3.05, 3.63) is 34.9 Å². The summed E-state index contributed by atoms with van der Waals surface area (Å²) < 4.78 is 0. The first-order chi connectivity index (χ1) is 10.0. The number of likely N-dealkylation sites (tertiary alicyclic amines) is 1. The average Bonchev–Trinajstić information content (AvgIpc) is 2.48. The molecule has 2 rings (SSSR count). The van der Waals surface area contributed by atoms with Crippen LogP contribution in [0.3, 0.4) is 0 Å². The number of hydrogen-bond donors (Lipinski definition) is 1. The number of piperidine rings is 1. The van der Waals surface area contributed by atoms with Crippen LogP contribution < -0.4 is 5.73 Å². The van der Waals surface area contributed by atoms with Crippen molar-refractivity contribution in [1.82, 2.24) is 4.90 Å². The molecule has 0 aliphatic carbocycles. The molecule has 1 aliphatic rings. The smallest absolute Gasteiger partial charge is 0.255 e. The van der Waals surface area contributed by atoms with Crippen LogP contribution in [0.4, 0.5) is 0 Å². The summed E-state index contributed by atoms with van der Waals surface area (Å²) in [6.45, 7) is 7.50. The minimum Gasteiger partial charge on any atom is -0.336 e. The van der Waals surface area contributed by atoms with Crippen LogP contribution in [0.1, 0.15) is 48.2 Å². The quantitative estimate of drug-likeness (QED) is 0.806.